The van der Waals surface area contributed by atoms with Gasteiger partial charge in [-0.15, -0.1) is 0 Å². The van der Waals surface area contributed by atoms with Crippen molar-refractivity contribution in [2.45, 2.75) is 32.2 Å². The highest BCUT2D eigenvalue weighted by Crippen LogP contribution is 2.21. The predicted molar refractivity (Wildman–Crippen MR) is 108 cm³/mol. The Bertz CT molecular complexity index is 908. The van der Waals surface area contributed by atoms with Crippen molar-refractivity contribution in [3.8, 4) is 0 Å². The number of hydrogen-bond acceptors (Lipinski definition) is 3. The summed E-state index contributed by atoms with van der Waals surface area (Å²) < 4.78 is 40.4. The molecule has 8 heteroatoms. The lowest BCUT2D eigenvalue weighted by Crippen LogP contribution is -2.42. The molecule has 0 radical (unpaired) electrons. The fourth-order valence-corrected chi connectivity index (χ4v) is 3.87. The molecule has 0 aliphatic carbocycles. The van der Waals surface area contributed by atoms with Gasteiger partial charge in [-0.2, -0.15) is 4.31 Å². The normalized spacial score (nSPS) is 12.2. The maximum Gasteiger partial charge on any atom is 0.243 e. The number of amides is 1. The van der Waals surface area contributed by atoms with Gasteiger partial charge in [0.15, 0.2) is 0 Å². The number of benzene rings is 2. The van der Waals surface area contributed by atoms with Crippen molar-refractivity contribution in [2.75, 3.05) is 13.1 Å². The number of carbonyl (C=O) groups excluding carboxylic acids is 1. The van der Waals surface area contributed by atoms with E-state index in [0.29, 0.717) is 17.1 Å². The summed E-state index contributed by atoms with van der Waals surface area (Å²) in [5.74, 6) is -0.826. The standard InChI is InChI=1S/C20H24ClFN2O3S/c1-20(2,3)14-23-19(25)13-24(12-15-4-8-17(22)9-5-15)28(26,27)18-10-6-16(21)7-11-18/h4-11H,12-14H2,1-3H3,(H,23,25). The van der Waals surface area contributed by atoms with E-state index < -0.39 is 21.7 Å². The topological polar surface area (TPSA) is 66.5 Å². The van der Waals surface area contributed by atoms with E-state index in [9.17, 15) is 17.6 Å². The Labute approximate surface area is 170 Å². The molecule has 5 nitrogen and oxygen atoms in total. The van der Waals surface area contributed by atoms with Gasteiger partial charge < -0.3 is 5.32 Å². The molecule has 0 bridgehead atoms. The van der Waals surface area contributed by atoms with Gasteiger partial charge in [-0.1, -0.05) is 44.5 Å². The van der Waals surface area contributed by atoms with Crippen molar-refractivity contribution in [3.05, 3.63) is 64.9 Å². The van der Waals surface area contributed by atoms with Crippen LogP contribution < -0.4 is 5.32 Å². The van der Waals surface area contributed by atoms with E-state index in [1.807, 2.05) is 20.8 Å². The van der Waals surface area contributed by atoms with Gasteiger partial charge in [0.1, 0.15) is 5.82 Å². The molecule has 1 amide bonds. The van der Waals surface area contributed by atoms with Crippen LogP contribution in [0.5, 0.6) is 0 Å². The fraction of sp³-hybridized carbons (Fsp3) is 0.350. The second kappa shape index (κ2) is 9.03. The molecule has 0 spiro atoms. The Kier molecular flexibility index (Phi) is 7.20. The minimum atomic E-state index is -3.95. The summed E-state index contributed by atoms with van der Waals surface area (Å²) in [5, 5.41) is 3.16. The molecule has 0 aliphatic rings. The first-order valence-electron chi connectivity index (χ1n) is 8.74. The highest BCUT2D eigenvalue weighted by Gasteiger charge is 2.27. The lowest BCUT2D eigenvalue weighted by Gasteiger charge is -2.24. The number of nitrogens with one attached hydrogen (secondary N) is 1. The molecule has 0 fully saturated rings. The molecule has 2 aromatic rings. The first kappa shape index (κ1) is 22.3. The molecule has 2 aromatic carbocycles. The van der Waals surface area contributed by atoms with Crippen LogP contribution in [-0.2, 0) is 21.4 Å². The van der Waals surface area contributed by atoms with Crippen LogP contribution >= 0.6 is 11.6 Å². The molecule has 0 heterocycles. The van der Waals surface area contributed by atoms with Crippen LogP contribution in [0.25, 0.3) is 0 Å². The van der Waals surface area contributed by atoms with E-state index in [-0.39, 0.29) is 23.4 Å². The van der Waals surface area contributed by atoms with Crippen LogP contribution in [0.15, 0.2) is 53.4 Å². The summed E-state index contributed by atoms with van der Waals surface area (Å²) in [6.45, 7) is 5.90. The summed E-state index contributed by atoms with van der Waals surface area (Å²) in [5.41, 5.74) is 0.439. The minimum absolute atomic E-state index is 0.0302. The molecule has 152 valence electrons. The smallest absolute Gasteiger partial charge is 0.243 e. The zero-order chi connectivity index (χ0) is 20.9. The van der Waals surface area contributed by atoms with Gasteiger partial charge in [-0.3, -0.25) is 4.79 Å². The van der Waals surface area contributed by atoms with Gasteiger partial charge >= 0.3 is 0 Å². The van der Waals surface area contributed by atoms with Crippen LogP contribution in [0.2, 0.25) is 5.02 Å². The monoisotopic (exact) mass is 426 g/mol. The maximum atomic E-state index is 13.2. The van der Waals surface area contributed by atoms with E-state index in [4.69, 9.17) is 11.6 Å². The quantitative estimate of drug-likeness (QED) is 0.731. The van der Waals surface area contributed by atoms with Crippen molar-refractivity contribution in [1.29, 1.82) is 0 Å². The predicted octanol–water partition coefficient (Wildman–Crippen LogP) is 3.83. The van der Waals surface area contributed by atoms with Crippen LogP contribution in [-0.4, -0.2) is 31.7 Å². The summed E-state index contributed by atoms with van der Waals surface area (Å²) >= 11 is 5.85. The third-order valence-corrected chi connectivity index (χ3v) is 5.92. The summed E-state index contributed by atoms with van der Waals surface area (Å²) in [7, 11) is -3.95. The lowest BCUT2D eigenvalue weighted by molar-refractivity contribution is -0.121. The first-order chi connectivity index (χ1) is 13.0. The molecule has 0 unspecified atom stereocenters. The van der Waals surface area contributed by atoms with Crippen LogP contribution in [0.1, 0.15) is 26.3 Å². The Hall–Kier alpha value is -1.96. The number of halogens is 2. The van der Waals surface area contributed by atoms with Crippen molar-refractivity contribution >= 4 is 27.5 Å². The van der Waals surface area contributed by atoms with Gasteiger partial charge in [-0.05, 0) is 47.4 Å². The van der Waals surface area contributed by atoms with E-state index in [1.54, 1.807) is 0 Å². The molecule has 0 saturated carbocycles. The van der Waals surface area contributed by atoms with Crippen molar-refractivity contribution in [1.82, 2.24) is 9.62 Å². The van der Waals surface area contributed by atoms with Crippen molar-refractivity contribution in [2.24, 2.45) is 5.41 Å². The Balaban J connectivity index is 2.28. The number of hydrogen-bond donors (Lipinski definition) is 1. The maximum absolute atomic E-state index is 13.2. The molecule has 0 saturated heterocycles. The summed E-state index contributed by atoms with van der Waals surface area (Å²) in [6, 6.07) is 11.2. The van der Waals surface area contributed by atoms with Gasteiger partial charge in [-0.25, -0.2) is 12.8 Å². The highest BCUT2D eigenvalue weighted by atomic mass is 35.5. The molecule has 2 rings (SSSR count). The molecular weight excluding hydrogens is 403 g/mol. The second-order valence-electron chi connectivity index (χ2n) is 7.69. The Morgan fingerprint density at radius 1 is 1.07 bits per heavy atom. The second-order valence-corrected chi connectivity index (χ2v) is 10.1. The molecule has 0 aromatic heterocycles. The Morgan fingerprint density at radius 2 is 1.64 bits per heavy atom. The van der Waals surface area contributed by atoms with Crippen LogP contribution in [0.4, 0.5) is 4.39 Å². The first-order valence-corrected chi connectivity index (χ1v) is 10.6. The summed E-state index contributed by atoms with van der Waals surface area (Å²) in [6.07, 6.45) is 0. The highest BCUT2D eigenvalue weighted by molar-refractivity contribution is 7.89. The number of sulfonamides is 1. The van der Waals surface area contributed by atoms with E-state index >= 15 is 0 Å². The van der Waals surface area contributed by atoms with E-state index in [1.165, 1.54) is 48.5 Å². The Morgan fingerprint density at radius 3 is 2.18 bits per heavy atom. The SMILES string of the molecule is CC(C)(C)CNC(=O)CN(Cc1ccc(F)cc1)S(=O)(=O)c1ccc(Cl)cc1. The van der Waals surface area contributed by atoms with Crippen LogP contribution in [0.3, 0.4) is 0 Å². The third-order valence-electron chi connectivity index (χ3n) is 3.86. The number of nitrogens with zero attached hydrogens (tertiary/aromatic N) is 1. The molecule has 28 heavy (non-hydrogen) atoms. The van der Waals surface area contributed by atoms with Crippen molar-refractivity contribution in [3.63, 3.8) is 0 Å². The van der Waals surface area contributed by atoms with Gasteiger partial charge in [0.05, 0.1) is 11.4 Å². The average Bonchev–Trinajstić information content (AvgIpc) is 2.61. The number of carbonyl (C=O) groups is 1. The molecule has 0 atom stereocenters. The molecular formula is C20H24ClFN2O3S. The number of rotatable bonds is 7. The summed E-state index contributed by atoms with van der Waals surface area (Å²) in [4.78, 5) is 12.4. The zero-order valence-electron chi connectivity index (χ0n) is 16.1. The van der Waals surface area contributed by atoms with Crippen LogP contribution in [0, 0.1) is 11.2 Å². The zero-order valence-corrected chi connectivity index (χ0v) is 17.6. The minimum Gasteiger partial charge on any atom is -0.354 e. The van der Waals surface area contributed by atoms with Crippen molar-refractivity contribution < 1.29 is 17.6 Å². The average molecular weight is 427 g/mol. The van der Waals surface area contributed by atoms with E-state index in [2.05, 4.69) is 5.32 Å². The van der Waals surface area contributed by atoms with E-state index in [0.717, 1.165) is 4.31 Å². The fourth-order valence-electron chi connectivity index (χ4n) is 2.35. The van der Waals surface area contributed by atoms with Gasteiger partial charge in [0, 0.05) is 18.1 Å². The van der Waals surface area contributed by atoms with Gasteiger partial charge in [0.25, 0.3) is 0 Å². The molecule has 0 aliphatic heterocycles. The molecule has 1 N–H and O–H groups in total. The van der Waals surface area contributed by atoms with Gasteiger partial charge in [0.2, 0.25) is 15.9 Å². The third kappa shape index (κ3) is 6.58. The lowest BCUT2D eigenvalue weighted by atomic mass is 9.97. The largest absolute Gasteiger partial charge is 0.354 e.